The summed E-state index contributed by atoms with van der Waals surface area (Å²) in [5.41, 5.74) is 0. The van der Waals surface area contributed by atoms with Gasteiger partial charge in [0.1, 0.15) is 6.54 Å². The summed E-state index contributed by atoms with van der Waals surface area (Å²) in [5, 5.41) is 8.72. The number of anilines is 1. The van der Waals surface area contributed by atoms with Crippen molar-refractivity contribution in [2.75, 3.05) is 18.0 Å². The highest BCUT2D eigenvalue weighted by Gasteiger charge is 2.12. The van der Waals surface area contributed by atoms with E-state index >= 15 is 0 Å². The molecule has 0 aliphatic carbocycles. The van der Waals surface area contributed by atoms with Gasteiger partial charge < -0.3 is 14.6 Å². The molecular weight excluding hydrogens is 182 g/mol. The van der Waals surface area contributed by atoms with E-state index in [-0.39, 0.29) is 6.54 Å². The quantitative estimate of drug-likeness (QED) is 0.755. The highest BCUT2D eigenvalue weighted by molar-refractivity contribution is 5.72. The second kappa shape index (κ2) is 4.64. The third-order valence-corrected chi connectivity index (χ3v) is 1.90. The molecule has 14 heavy (non-hydrogen) atoms. The van der Waals surface area contributed by atoms with Gasteiger partial charge in [-0.3, -0.25) is 4.79 Å². The highest BCUT2D eigenvalue weighted by atomic mass is 16.4. The van der Waals surface area contributed by atoms with Gasteiger partial charge in [-0.05, 0) is 6.42 Å². The van der Waals surface area contributed by atoms with Crippen molar-refractivity contribution in [3.8, 4) is 0 Å². The van der Waals surface area contributed by atoms with Gasteiger partial charge in [0.25, 0.3) is 0 Å². The Balaban J connectivity index is 2.77. The minimum Gasteiger partial charge on any atom is -0.480 e. The van der Waals surface area contributed by atoms with E-state index in [9.17, 15) is 4.79 Å². The molecule has 0 aliphatic rings. The maximum absolute atomic E-state index is 10.6. The van der Waals surface area contributed by atoms with E-state index in [0.29, 0.717) is 12.5 Å². The second-order valence-electron chi connectivity index (χ2n) is 3.15. The van der Waals surface area contributed by atoms with Crippen molar-refractivity contribution >= 4 is 11.9 Å². The van der Waals surface area contributed by atoms with Gasteiger partial charge in [0.2, 0.25) is 5.95 Å². The molecular formula is C9H15N3O2. The van der Waals surface area contributed by atoms with Crippen LogP contribution in [0.25, 0.3) is 0 Å². The molecule has 1 aromatic rings. The average molecular weight is 197 g/mol. The van der Waals surface area contributed by atoms with E-state index in [2.05, 4.69) is 4.98 Å². The molecule has 0 unspecified atom stereocenters. The molecule has 0 saturated carbocycles. The Kier molecular flexibility index (Phi) is 3.50. The molecule has 0 aromatic carbocycles. The smallest absolute Gasteiger partial charge is 0.323 e. The fourth-order valence-corrected chi connectivity index (χ4v) is 1.35. The van der Waals surface area contributed by atoms with Crippen LogP contribution in [0.3, 0.4) is 0 Å². The Labute approximate surface area is 83.0 Å². The summed E-state index contributed by atoms with van der Waals surface area (Å²) in [6.45, 7) is 2.72. The lowest BCUT2D eigenvalue weighted by Crippen LogP contribution is -2.32. The molecule has 0 aliphatic heterocycles. The number of hydrogen-bond acceptors (Lipinski definition) is 3. The van der Waals surface area contributed by atoms with Crippen molar-refractivity contribution in [1.82, 2.24) is 9.55 Å². The first kappa shape index (κ1) is 10.6. The van der Waals surface area contributed by atoms with Crippen molar-refractivity contribution in [3.63, 3.8) is 0 Å². The number of aryl methyl sites for hydroxylation is 1. The molecule has 0 bridgehead atoms. The maximum atomic E-state index is 10.6. The largest absolute Gasteiger partial charge is 0.480 e. The van der Waals surface area contributed by atoms with Gasteiger partial charge in [0, 0.05) is 26.0 Å². The van der Waals surface area contributed by atoms with Crippen LogP contribution in [0.5, 0.6) is 0 Å². The zero-order valence-electron chi connectivity index (χ0n) is 8.47. The molecule has 0 spiro atoms. The standard InChI is InChI=1S/C9H15N3O2/c1-3-5-12(7-8(13)14)9-10-4-6-11(9)2/h4,6H,3,5,7H2,1-2H3,(H,13,14). The third kappa shape index (κ3) is 2.48. The first-order chi connectivity index (χ1) is 6.65. The van der Waals surface area contributed by atoms with Crippen LogP contribution in [0.15, 0.2) is 12.4 Å². The Bertz CT molecular complexity index is 309. The van der Waals surface area contributed by atoms with Crippen LogP contribution in [-0.4, -0.2) is 33.7 Å². The zero-order valence-corrected chi connectivity index (χ0v) is 8.47. The van der Waals surface area contributed by atoms with Crippen molar-refractivity contribution in [2.45, 2.75) is 13.3 Å². The third-order valence-electron chi connectivity index (χ3n) is 1.90. The van der Waals surface area contributed by atoms with Crippen molar-refractivity contribution in [1.29, 1.82) is 0 Å². The summed E-state index contributed by atoms with van der Waals surface area (Å²) in [6, 6.07) is 0. The van der Waals surface area contributed by atoms with Gasteiger partial charge in [-0.1, -0.05) is 6.92 Å². The van der Waals surface area contributed by atoms with E-state index in [0.717, 1.165) is 6.42 Å². The summed E-state index contributed by atoms with van der Waals surface area (Å²) >= 11 is 0. The molecule has 1 N–H and O–H groups in total. The molecule has 0 radical (unpaired) electrons. The van der Waals surface area contributed by atoms with E-state index in [1.807, 2.05) is 18.5 Å². The summed E-state index contributed by atoms with van der Waals surface area (Å²) in [7, 11) is 1.85. The molecule has 5 nitrogen and oxygen atoms in total. The molecule has 1 aromatic heterocycles. The Morgan fingerprint density at radius 3 is 2.86 bits per heavy atom. The van der Waals surface area contributed by atoms with Gasteiger partial charge in [-0.15, -0.1) is 0 Å². The van der Waals surface area contributed by atoms with Crippen LogP contribution in [-0.2, 0) is 11.8 Å². The van der Waals surface area contributed by atoms with Crippen LogP contribution in [0, 0.1) is 0 Å². The van der Waals surface area contributed by atoms with Gasteiger partial charge in [-0.2, -0.15) is 0 Å². The fraction of sp³-hybridized carbons (Fsp3) is 0.556. The van der Waals surface area contributed by atoms with E-state index in [1.165, 1.54) is 0 Å². The number of carboxylic acids is 1. The highest BCUT2D eigenvalue weighted by Crippen LogP contribution is 2.09. The minimum absolute atomic E-state index is 0.00130. The summed E-state index contributed by atoms with van der Waals surface area (Å²) in [6.07, 6.45) is 4.37. The fourth-order valence-electron chi connectivity index (χ4n) is 1.35. The lowest BCUT2D eigenvalue weighted by atomic mass is 10.4. The lowest BCUT2D eigenvalue weighted by Gasteiger charge is -2.20. The van der Waals surface area contributed by atoms with Crippen molar-refractivity contribution in [3.05, 3.63) is 12.4 Å². The van der Waals surface area contributed by atoms with Crippen LogP contribution in [0.4, 0.5) is 5.95 Å². The summed E-state index contributed by atoms with van der Waals surface area (Å²) < 4.78 is 1.82. The van der Waals surface area contributed by atoms with Gasteiger partial charge in [0.15, 0.2) is 0 Å². The normalized spacial score (nSPS) is 10.1. The predicted molar refractivity (Wildman–Crippen MR) is 53.3 cm³/mol. The monoisotopic (exact) mass is 197 g/mol. The topological polar surface area (TPSA) is 58.4 Å². The summed E-state index contributed by atoms with van der Waals surface area (Å²) in [4.78, 5) is 16.5. The van der Waals surface area contributed by atoms with Crippen LogP contribution in [0.1, 0.15) is 13.3 Å². The Hall–Kier alpha value is -1.52. The Morgan fingerprint density at radius 2 is 2.43 bits per heavy atom. The molecule has 0 atom stereocenters. The zero-order chi connectivity index (χ0) is 10.6. The van der Waals surface area contributed by atoms with Crippen LogP contribution in [0.2, 0.25) is 0 Å². The number of aromatic nitrogens is 2. The average Bonchev–Trinajstić information content (AvgIpc) is 2.50. The second-order valence-corrected chi connectivity index (χ2v) is 3.15. The Morgan fingerprint density at radius 1 is 1.71 bits per heavy atom. The lowest BCUT2D eigenvalue weighted by molar-refractivity contribution is -0.135. The number of rotatable bonds is 5. The van der Waals surface area contributed by atoms with Crippen LogP contribution < -0.4 is 4.90 Å². The molecule has 1 rings (SSSR count). The van der Waals surface area contributed by atoms with E-state index in [1.54, 1.807) is 17.3 Å². The van der Waals surface area contributed by atoms with Crippen molar-refractivity contribution < 1.29 is 9.90 Å². The van der Waals surface area contributed by atoms with Crippen LogP contribution >= 0.6 is 0 Å². The minimum atomic E-state index is -0.832. The molecule has 0 amide bonds. The number of imidazole rings is 1. The van der Waals surface area contributed by atoms with Crippen molar-refractivity contribution in [2.24, 2.45) is 7.05 Å². The predicted octanol–water partition coefficient (Wildman–Crippen LogP) is 0.721. The number of aliphatic carboxylic acids is 1. The van der Waals surface area contributed by atoms with Gasteiger partial charge >= 0.3 is 5.97 Å². The maximum Gasteiger partial charge on any atom is 0.323 e. The van der Waals surface area contributed by atoms with Gasteiger partial charge in [-0.25, -0.2) is 4.98 Å². The number of carboxylic acid groups (broad SMARTS) is 1. The number of hydrogen-bond donors (Lipinski definition) is 1. The first-order valence-corrected chi connectivity index (χ1v) is 4.59. The first-order valence-electron chi connectivity index (χ1n) is 4.59. The molecule has 78 valence electrons. The van der Waals surface area contributed by atoms with E-state index in [4.69, 9.17) is 5.11 Å². The molecule has 0 fully saturated rings. The SMILES string of the molecule is CCCN(CC(=O)O)c1nccn1C. The number of carbonyl (C=O) groups is 1. The van der Waals surface area contributed by atoms with Gasteiger partial charge in [0.05, 0.1) is 0 Å². The number of nitrogens with zero attached hydrogens (tertiary/aromatic N) is 3. The summed E-state index contributed by atoms with van der Waals surface area (Å²) in [5.74, 6) is -0.129. The molecule has 5 heteroatoms. The molecule has 1 heterocycles. The van der Waals surface area contributed by atoms with E-state index < -0.39 is 5.97 Å². The molecule has 0 saturated heterocycles.